The number of nitrogens with zero attached hydrogens (tertiary/aromatic N) is 1. The van der Waals surface area contributed by atoms with Crippen LogP contribution in [0.1, 0.15) is 57.1 Å². The lowest BCUT2D eigenvalue weighted by Crippen LogP contribution is -2.41. The highest BCUT2D eigenvalue weighted by molar-refractivity contribution is 5.90. The van der Waals surface area contributed by atoms with Crippen molar-refractivity contribution in [2.75, 3.05) is 20.8 Å². The SMILES string of the molecule is CCN1C(=O)C[C@@H](C(=O)NC2CCCCC2)[C@@H]1c1ccc(OC)c(OC)c1. The summed E-state index contributed by atoms with van der Waals surface area (Å²) in [6.45, 7) is 2.53. The van der Waals surface area contributed by atoms with Crippen LogP contribution in [-0.4, -0.2) is 43.5 Å². The van der Waals surface area contributed by atoms with E-state index in [0.29, 0.717) is 18.0 Å². The third-order valence-electron chi connectivity index (χ3n) is 5.81. The van der Waals surface area contributed by atoms with E-state index in [9.17, 15) is 9.59 Å². The van der Waals surface area contributed by atoms with Crippen LogP contribution >= 0.6 is 0 Å². The molecule has 0 unspecified atom stereocenters. The van der Waals surface area contributed by atoms with E-state index in [-0.39, 0.29) is 36.2 Å². The topological polar surface area (TPSA) is 67.9 Å². The maximum absolute atomic E-state index is 13.0. The minimum atomic E-state index is -0.377. The third kappa shape index (κ3) is 4.04. The Labute approximate surface area is 161 Å². The summed E-state index contributed by atoms with van der Waals surface area (Å²) < 4.78 is 10.7. The van der Waals surface area contributed by atoms with Crippen molar-refractivity contribution in [3.63, 3.8) is 0 Å². The first-order chi connectivity index (χ1) is 13.1. The second-order valence-electron chi connectivity index (χ2n) is 7.39. The van der Waals surface area contributed by atoms with Crippen molar-refractivity contribution in [1.29, 1.82) is 0 Å². The smallest absolute Gasteiger partial charge is 0.226 e. The third-order valence-corrected chi connectivity index (χ3v) is 5.81. The molecule has 0 radical (unpaired) electrons. The number of methoxy groups -OCH3 is 2. The Hall–Kier alpha value is -2.24. The Bertz CT molecular complexity index is 685. The summed E-state index contributed by atoms with van der Waals surface area (Å²) in [6.07, 6.45) is 5.89. The molecule has 0 spiro atoms. The van der Waals surface area contributed by atoms with Gasteiger partial charge in [0.15, 0.2) is 11.5 Å². The standard InChI is InChI=1S/C21H30N2O4/c1-4-23-19(24)13-16(21(25)22-15-8-6-5-7-9-15)20(23)14-10-11-17(26-2)18(12-14)27-3/h10-12,15-16,20H,4-9,13H2,1-3H3,(H,22,25)/t16-,20+/m1/s1. The van der Waals surface area contributed by atoms with Crippen molar-refractivity contribution in [2.45, 2.75) is 57.5 Å². The van der Waals surface area contributed by atoms with Gasteiger partial charge in [-0.1, -0.05) is 25.3 Å². The van der Waals surface area contributed by atoms with Gasteiger partial charge in [0.2, 0.25) is 11.8 Å². The van der Waals surface area contributed by atoms with Crippen LogP contribution in [0.3, 0.4) is 0 Å². The molecule has 1 N–H and O–H groups in total. The van der Waals surface area contributed by atoms with Gasteiger partial charge >= 0.3 is 0 Å². The lowest BCUT2D eigenvalue weighted by atomic mass is 9.90. The molecule has 2 amide bonds. The fraction of sp³-hybridized carbons (Fsp3) is 0.619. The van der Waals surface area contributed by atoms with Crippen LogP contribution in [0.2, 0.25) is 0 Å². The largest absolute Gasteiger partial charge is 0.493 e. The molecule has 0 aromatic heterocycles. The molecule has 1 aliphatic carbocycles. The van der Waals surface area contributed by atoms with Crippen LogP contribution in [0.25, 0.3) is 0 Å². The van der Waals surface area contributed by atoms with Crippen molar-refractivity contribution in [2.24, 2.45) is 5.92 Å². The molecule has 1 aromatic carbocycles. The minimum absolute atomic E-state index is 0.00835. The summed E-state index contributed by atoms with van der Waals surface area (Å²) in [6, 6.07) is 5.61. The van der Waals surface area contributed by atoms with Crippen LogP contribution in [-0.2, 0) is 9.59 Å². The van der Waals surface area contributed by atoms with Crippen molar-refractivity contribution in [3.8, 4) is 11.5 Å². The molecule has 27 heavy (non-hydrogen) atoms. The fourth-order valence-corrected chi connectivity index (χ4v) is 4.40. The van der Waals surface area contributed by atoms with E-state index in [2.05, 4.69) is 5.32 Å². The second-order valence-corrected chi connectivity index (χ2v) is 7.39. The van der Waals surface area contributed by atoms with E-state index < -0.39 is 0 Å². The molecule has 148 valence electrons. The monoisotopic (exact) mass is 374 g/mol. The number of carbonyl (C=O) groups is 2. The van der Waals surface area contributed by atoms with E-state index >= 15 is 0 Å². The van der Waals surface area contributed by atoms with Crippen LogP contribution in [0.15, 0.2) is 18.2 Å². The Morgan fingerprint density at radius 2 is 1.85 bits per heavy atom. The van der Waals surface area contributed by atoms with Gasteiger partial charge in [0.05, 0.1) is 26.2 Å². The Kier molecular flexibility index (Phi) is 6.24. The van der Waals surface area contributed by atoms with Gasteiger partial charge in [0.1, 0.15) is 0 Å². The fourth-order valence-electron chi connectivity index (χ4n) is 4.40. The number of amides is 2. The second kappa shape index (κ2) is 8.63. The maximum atomic E-state index is 13.0. The molecule has 2 fully saturated rings. The number of carbonyl (C=O) groups excluding carboxylic acids is 2. The van der Waals surface area contributed by atoms with Gasteiger partial charge in [-0.3, -0.25) is 9.59 Å². The Morgan fingerprint density at radius 1 is 1.15 bits per heavy atom. The van der Waals surface area contributed by atoms with Gasteiger partial charge in [-0.25, -0.2) is 0 Å². The number of benzene rings is 1. The summed E-state index contributed by atoms with van der Waals surface area (Å²) in [4.78, 5) is 27.4. The normalized spacial score (nSPS) is 23.4. The molecule has 1 aromatic rings. The number of nitrogens with one attached hydrogen (secondary N) is 1. The molecule has 1 saturated heterocycles. The molecule has 1 heterocycles. The zero-order valence-electron chi connectivity index (χ0n) is 16.5. The Morgan fingerprint density at radius 3 is 2.48 bits per heavy atom. The average molecular weight is 374 g/mol. The molecule has 0 bridgehead atoms. The first-order valence-corrected chi connectivity index (χ1v) is 9.90. The average Bonchev–Trinajstić information content (AvgIpc) is 3.04. The van der Waals surface area contributed by atoms with Crippen molar-refractivity contribution in [1.82, 2.24) is 10.2 Å². The number of likely N-dealkylation sites (tertiary alicyclic amines) is 1. The molecule has 1 aliphatic heterocycles. The van der Waals surface area contributed by atoms with Gasteiger partial charge in [-0.15, -0.1) is 0 Å². The molecule has 6 nitrogen and oxygen atoms in total. The first kappa shape index (κ1) is 19.5. The zero-order valence-corrected chi connectivity index (χ0v) is 16.5. The molecule has 1 saturated carbocycles. The van der Waals surface area contributed by atoms with Crippen LogP contribution < -0.4 is 14.8 Å². The maximum Gasteiger partial charge on any atom is 0.226 e. The number of hydrogen-bond donors (Lipinski definition) is 1. The molecular formula is C21H30N2O4. The quantitative estimate of drug-likeness (QED) is 0.831. The van der Waals surface area contributed by atoms with Crippen molar-refractivity contribution >= 4 is 11.8 Å². The molecule has 2 aliphatic rings. The Balaban J connectivity index is 1.86. The van der Waals surface area contributed by atoms with Crippen molar-refractivity contribution in [3.05, 3.63) is 23.8 Å². The van der Waals surface area contributed by atoms with Crippen molar-refractivity contribution < 1.29 is 19.1 Å². The van der Waals surface area contributed by atoms with Gasteiger partial charge in [-0.05, 0) is 37.5 Å². The molecule has 3 rings (SSSR count). The number of rotatable bonds is 6. The van der Waals surface area contributed by atoms with E-state index in [4.69, 9.17) is 9.47 Å². The van der Waals surface area contributed by atoms with Gasteiger partial charge in [0, 0.05) is 19.0 Å². The summed E-state index contributed by atoms with van der Waals surface area (Å²) in [5.74, 6) is 0.887. The highest BCUT2D eigenvalue weighted by Crippen LogP contribution is 2.41. The van der Waals surface area contributed by atoms with Gasteiger partial charge < -0.3 is 19.7 Å². The zero-order chi connectivity index (χ0) is 19.4. The van der Waals surface area contributed by atoms with E-state index in [1.165, 1.54) is 6.42 Å². The lowest BCUT2D eigenvalue weighted by Gasteiger charge is -2.29. The predicted molar refractivity (Wildman–Crippen MR) is 103 cm³/mol. The number of ether oxygens (including phenoxy) is 2. The predicted octanol–water partition coefficient (Wildman–Crippen LogP) is 3.06. The highest BCUT2D eigenvalue weighted by Gasteiger charge is 2.44. The summed E-state index contributed by atoms with van der Waals surface area (Å²) >= 11 is 0. The number of hydrogen-bond acceptors (Lipinski definition) is 4. The summed E-state index contributed by atoms with van der Waals surface area (Å²) in [5.41, 5.74) is 0.907. The summed E-state index contributed by atoms with van der Waals surface area (Å²) in [5, 5.41) is 3.20. The minimum Gasteiger partial charge on any atom is -0.493 e. The lowest BCUT2D eigenvalue weighted by molar-refractivity contribution is -0.129. The van der Waals surface area contributed by atoms with Crippen LogP contribution in [0.4, 0.5) is 0 Å². The van der Waals surface area contributed by atoms with Crippen LogP contribution in [0.5, 0.6) is 11.5 Å². The molecule has 2 atom stereocenters. The van der Waals surface area contributed by atoms with Gasteiger partial charge in [-0.2, -0.15) is 0 Å². The van der Waals surface area contributed by atoms with Crippen LogP contribution in [0, 0.1) is 5.92 Å². The van der Waals surface area contributed by atoms with Gasteiger partial charge in [0.25, 0.3) is 0 Å². The summed E-state index contributed by atoms with van der Waals surface area (Å²) in [7, 11) is 3.18. The van der Waals surface area contributed by atoms with E-state index in [1.54, 1.807) is 19.1 Å². The molecular weight excluding hydrogens is 344 g/mol. The van der Waals surface area contributed by atoms with E-state index in [0.717, 1.165) is 31.2 Å². The van der Waals surface area contributed by atoms with E-state index in [1.807, 2.05) is 25.1 Å². The highest BCUT2D eigenvalue weighted by atomic mass is 16.5. The first-order valence-electron chi connectivity index (χ1n) is 9.90. The molecule has 6 heteroatoms.